The highest BCUT2D eigenvalue weighted by atomic mass is 31.2. The van der Waals surface area contributed by atoms with Gasteiger partial charge in [0, 0.05) is 0 Å². The zero-order valence-corrected chi connectivity index (χ0v) is 10.9. The van der Waals surface area contributed by atoms with Gasteiger partial charge in [-0.1, -0.05) is 52.4 Å². The Morgan fingerprint density at radius 1 is 0.933 bits per heavy atom. The standard InChI is InChI=1S/C11H25O3P/c1-3-5-7-8-10-11(9-6-4-2)15(12,13)14/h11H,3-10H2,1-2H3,(H2,12,13,14). The van der Waals surface area contributed by atoms with E-state index in [1.165, 1.54) is 6.42 Å². The molecule has 15 heavy (non-hydrogen) atoms. The number of hydrogen-bond donors (Lipinski definition) is 2. The first-order valence-electron chi connectivity index (χ1n) is 6.07. The summed E-state index contributed by atoms with van der Waals surface area (Å²) < 4.78 is 11.2. The molecule has 0 aromatic rings. The van der Waals surface area contributed by atoms with Crippen LogP contribution >= 0.6 is 7.60 Å². The predicted octanol–water partition coefficient (Wildman–Crippen LogP) is 3.69. The van der Waals surface area contributed by atoms with Gasteiger partial charge < -0.3 is 9.79 Å². The largest absolute Gasteiger partial charge is 0.328 e. The van der Waals surface area contributed by atoms with Crippen molar-refractivity contribution in [3.63, 3.8) is 0 Å². The molecule has 0 rings (SSSR count). The number of unbranched alkanes of at least 4 members (excludes halogenated alkanes) is 4. The molecule has 0 aromatic carbocycles. The summed E-state index contributed by atoms with van der Waals surface area (Å²) in [5, 5.41) is 0. The smallest absolute Gasteiger partial charge is 0.324 e. The Kier molecular flexibility index (Phi) is 8.40. The van der Waals surface area contributed by atoms with E-state index < -0.39 is 13.3 Å². The van der Waals surface area contributed by atoms with Gasteiger partial charge in [0.1, 0.15) is 0 Å². The van der Waals surface area contributed by atoms with Crippen molar-refractivity contribution in [2.75, 3.05) is 0 Å². The van der Waals surface area contributed by atoms with Crippen LogP contribution < -0.4 is 0 Å². The molecular formula is C11H25O3P. The van der Waals surface area contributed by atoms with Crippen molar-refractivity contribution in [1.29, 1.82) is 0 Å². The molecule has 0 saturated carbocycles. The first kappa shape index (κ1) is 15.2. The lowest BCUT2D eigenvalue weighted by molar-refractivity contribution is 0.346. The number of hydrogen-bond acceptors (Lipinski definition) is 1. The van der Waals surface area contributed by atoms with Crippen molar-refractivity contribution >= 4 is 7.60 Å². The maximum Gasteiger partial charge on any atom is 0.328 e. The van der Waals surface area contributed by atoms with Gasteiger partial charge >= 0.3 is 7.60 Å². The minimum absolute atomic E-state index is 0.394. The second kappa shape index (κ2) is 8.32. The molecule has 1 unspecified atom stereocenters. The molecule has 0 saturated heterocycles. The van der Waals surface area contributed by atoms with E-state index in [4.69, 9.17) is 0 Å². The van der Waals surface area contributed by atoms with E-state index >= 15 is 0 Å². The molecule has 4 heteroatoms. The van der Waals surface area contributed by atoms with E-state index in [1.54, 1.807) is 0 Å². The first-order chi connectivity index (χ1) is 7.02. The zero-order valence-electron chi connectivity index (χ0n) is 9.98. The monoisotopic (exact) mass is 236 g/mol. The molecule has 0 amide bonds. The molecule has 0 aliphatic heterocycles. The van der Waals surface area contributed by atoms with Gasteiger partial charge in [0.15, 0.2) is 0 Å². The van der Waals surface area contributed by atoms with E-state index in [1.807, 2.05) is 6.92 Å². The Balaban J connectivity index is 3.86. The lowest BCUT2D eigenvalue weighted by atomic mass is 10.1. The van der Waals surface area contributed by atoms with Gasteiger partial charge in [-0.3, -0.25) is 4.57 Å². The molecule has 0 spiro atoms. The minimum Gasteiger partial charge on any atom is -0.324 e. The van der Waals surface area contributed by atoms with Crippen LogP contribution in [0.15, 0.2) is 0 Å². The van der Waals surface area contributed by atoms with Gasteiger partial charge in [-0.2, -0.15) is 0 Å². The molecule has 0 heterocycles. The highest BCUT2D eigenvalue weighted by Gasteiger charge is 2.27. The SMILES string of the molecule is CCCCCCC(CCCC)P(=O)(O)O. The fourth-order valence-electron chi connectivity index (χ4n) is 1.73. The average molecular weight is 236 g/mol. The maximum absolute atomic E-state index is 11.2. The summed E-state index contributed by atoms with van der Waals surface area (Å²) in [6.07, 6.45) is 7.66. The summed E-state index contributed by atoms with van der Waals surface area (Å²) >= 11 is 0. The molecule has 0 fully saturated rings. The molecule has 92 valence electrons. The Labute approximate surface area is 93.4 Å². The summed E-state index contributed by atoms with van der Waals surface area (Å²) in [4.78, 5) is 18.3. The summed E-state index contributed by atoms with van der Waals surface area (Å²) in [7, 11) is -3.85. The highest BCUT2D eigenvalue weighted by molar-refractivity contribution is 7.52. The highest BCUT2D eigenvalue weighted by Crippen LogP contribution is 2.46. The molecule has 0 aromatic heterocycles. The van der Waals surface area contributed by atoms with Crippen LogP contribution in [0.3, 0.4) is 0 Å². The number of rotatable bonds is 9. The summed E-state index contributed by atoms with van der Waals surface area (Å²) in [5.74, 6) is 0. The second-order valence-corrected chi connectivity index (χ2v) is 6.14. The van der Waals surface area contributed by atoms with E-state index in [0.29, 0.717) is 12.8 Å². The second-order valence-electron chi connectivity index (χ2n) is 4.23. The van der Waals surface area contributed by atoms with Crippen LogP contribution in [0.5, 0.6) is 0 Å². The Morgan fingerprint density at radius 2 is 1.47 bits per heavy atom. The van der Waals surface area contributed by atoms with E-state index in [-0.39, 0.29) is 0 Å². The minimum atomic E-state index is -3.85. The van der Waals surface area contributed by atoms with Gasteiger partial charge in [-0.25, -0.2) is 0 Å². The zero-order chi connectivity index (χ0) is 11.7. The van der Waals surface area contributed by atoms with Crippen LogP contribution in [0.1, 0.15) is 65.2 Å². The molecular weight excluding hydrogens is 211 g/mol. The van der Waals surface area contributed by atoms with Crippen LogP contribution in [0, 0.1) is 0 Å². The van der Waals surface area contributed by atoms with Gasteiger partial charge in [0.25, 0.3) is 0 Å². The lowest BCUT2D eigenvalue weighted by Gasteiger charge is -2.17. The summed E-state index contributed by atoms with van der Waals surface area (Å²) in [6.45, 7) is 4.19. The third-order valence-electron chi connectivity index (χ3n) is 2.76. The van der Waals surface area contributed by atoms with Crippen LogP contribution in [0.2, 0.25) is 0 Å². The third-order valence-corrected chi connectivity index (χ3v) is 4.23. The maximum atomic E-state index is 11.2. The predicted molar refractivity (Wildman–Crippen MR) is 64.1 cm³/mol. The Bertz CT molecular complexity index is 188. The van der Waals surface area contributed by atoms with E-state index in [9.17, 15) is 14.4 Å². The molecule has 2 N–H and O–H groups in total. The first-order valence-corrected chi connectivity index (χ1v) is 7.75. The van der Waals surface area contributed by atoms with E-state index in [2.05, 4.69) is 6.92 Å². The van der Waals surface area contributed by atoms with Crippen LogP contribution in [0.25, 0.3) is 0 Å². The van der Waals surface area contributed by atoms with Crippen molar-refractivity contribution in [3.05, 3.63) is 0 Å². The van der Waals surface area contributed by atoms with E-state index in [0.717, 1.165) is 32.1 Å². The van der Waals surface area contributed by atoms with Crippen molar-refractivity contribution in [2.45, 2.75) is 70.9 Å². The van der Waals surface area contributed by atoms with Crippen LogP contribution in [-0.4, -0.2) is 15.4 Å². The topological polar surface area (TPSA) is 57.5 Å². The summed E-state index contributed by atoms with van der Waals surface area (Å²) in [5.41, 5.74) is -0.394. The van der Waals surface area contributed by atoms with Crippen molar-refractivity contribution in [1.82, 2.24) is 0 Å². The van der Waals surface area contributed by atoms with Gasteiger partial charge in [0.05, 0.1) is 5.66 Å². The fourth-order valence-corrected chi connectivity index (χ4v) is 2.77. The van der Waals surface area contributed by atoms with Gasteiger partial charge in [-0.15, -0.1) is 0 Å². The van der Waals surface area contributed by atoms with Gasteiger partial charge in [-0.05, 0) is 12.8 Å². The molecule has 1 atom stereocenters. The third kappa shape index (κ3) is 8.01. The average Bonchev–Trinajstić information content (AvgIpc) is 2.15. The normalized spacial score (nSPS) is 14.1. The molecule has 3 nitrogen and oxygen atoms in total. The molecule has 0 radical (unpaired) electrons. The van der Waals surface area contributed by atoms with Gasteiger partial charge in [0.2, 0.25) is 0 Å². The lowest BCUT2D eigenvalue weighted by Crippen LogP contribution is -2.08. The van der Waals surface area contributed by atoms with Crippen LogP contribution in [-0.2, 0) is 4.57 Å². The quantitative estimate of drug-likeness (QED) is 0.474. The molecule has 0 aliphatic carbocycles. The van der Waals surface area contributed by atoms with Crippen molar-refractivity contribution < 1.29 is 14.4 Å². The molecule has 0 bridgehead atoms. The van der Waals surface area contributed by atoms with Crippen molar-refractivity contribution in [3.8, 4) is 0 Å². The molecule has 0 aliphatic rings. The van der Waals surface area contributed by atoms with Crippen LogP contribution in [0.4, 0.5) is 0 Å². The Hall–Kier alpha value is 0.150. The fraction of sp³-hybridized carbons (Fsp3) is 1.00. The summed E-state index contributed by atoms with van der Waals surface area (Å²) in [6, 6.07) is 0. The Morgan fingerprint density at radius 3 is 1.93 bits per heavy atom. The van der Waals surface area contributed by atoms with Crippen molar-refractivity contribution in [2.24, 2.45) is 0 Å².